The predicted molar refractivity (Wildman–Crippen MR) is 137 cm³/mol. The van der Waals surface area contributed by atoms with Crippen LogP contribution in [-0.4, -0.2) is 39.5 Å². The molecule has 0 aliphatic carbocycles. The second kappa shape index (κ2) is 14.5. The van der Waals surface area contributed by atoms with Gasteiger partial charge in [0, 0.05) is 11.4 Å². The monoisotopic (exact) mass is 607 g/mol. The molecule has 0 bridgehead atoms. The Kier molecular flexibility index (Phi) is 13.2. The molecule has 0 N–H and O–H groups in total. The van der Waals surface area contributed by atoms with E-state index in [4.69, 9.17) is 0 Å². The zero-order valence-electron chi connectivity index (χ0n) is 18.1. The molecule has 0 heterocycles. The summed E-state index contributed by atoms with van der Waals surface area (Å²) in [7, 11) is 2.81. The summed E-state index contributed by atoms with van der Waals surface area (Å²) in [6, 6.07) is 29.2. The third-order valence-electron chi connectivity index (χ3n) is 3.21. The summed E-state index contributed by atoms with van der Waals surface area (Å²) in [5.74, 6) is 0. The number of rotatable bonds is 3. The van der Waals surface area contributed by atoms with Gasteiger partial charge in [0.1, 0.15) is 0 Å². The second-order valence-electron chi connectivity index (χ2n) is 7.57. The van der Waals surface area contributed by atoms with Crippen LogP contribution in [0, 0.1) is 0 Å². The molecule has 4 heteroatoms. The standard InChI is InChI=1S/C18H16NP.6CH3.2Sn/c20-18-14-8-7-13-17(18)19(15-9-3-1-4-10-15)16-11-5-2-6-12-16;;;;;;;;/h1-14H,20H2;6*1H3;;. The van der Waals surface area contributed by atoms with Gasteiger partial charge in [-0.2, -0.15) is 0 Å². The molecule has 0 saturated heterocycles. The van der Waals surface area contributed by atoms with Crippen molar-refractivity contribution in [3.8, 4) is 0 Å². The molecule has 28 heavy (non-hydrogen) atoms. The van der Waals surface area contributed by atoms with Crippen LogP contribution in [0.4, 0.5) is 17.1 Å². The zero-order valence-corrected chi connectivity index (χ0v) is 25.0. The Bertz CT molecular complexity index is 726. The van der Waals surface area contributed by atoms with E-state index in [0.717, 1.165) is 11.4 Å². The molecule has 2 radical (unpaired) electrons. The van der Waals surface area contributed by atoms with E-state index >= 15 is 0 Å². The first kappa shape index (κ1) is 25.5. The molecule has 3 aromatic rings. The maximum atomic E-state index is 2.81. The normalized spacial score (nSPS) is 9.89. The number of anilines is 3. The van der Waals surface area contributed by atoms with E-state index in [1.165, 1.54) is 11.0 Å². The molecular weight excluding hydrogens is 571 g/mol. The first-order valence-electron chi connectivity index (χ1n) is 9.61. The number of benzene rings is 3. The number of nitrogens with zero attached hydrogens (tertiary/aromatic N) is 1. The summed E-state index contributed by atoms with van der Waals surface area (Å²) >= 11 is -1.09. The van der Waals surface area contributed by atoms with Crippen molar-refractivity contribution in [1.82, 2.24) is 0 Å². The molecule has 1 nitrogen and oxygen atoms in total. The molecule has 0 aromatic heterocycles. The molecule has 0 amide bonds. The molecule has 0 fully saturated rings. The van der Waals surface area contributed by atoms with Crippen LogP contribution in [0.3, 0.4) is 0 Å². The Balaban J connectivity index is 0.000000420. The van der Waals surface area contributed by atoms with Gasteiger partial charge in [-0.1, -0.05) is 54.6 Å². The molecule has 3 rings (SSSR count). The van der Waals surface area contributed by atoms with Gasteiger partial charge in [-0.05, 0) is 35.6 Å². The van der Waals surface area contributed by atoms with E-state index in [-0.39, 0.29) is 0 Å². The van der Waals surface area contributed by atoms with Gasteiger partial charge in [0.25, 0.3) is 0 Å². The van der Waals surface area contributed by atoms with E-state index in [9.17, 15) is 0 Å². The van der Waals surface area contributed by atoms with Crippen LogP contribution in [0.2, 0.25) is 29.6 Å². The van der Waals surface area contributed by atoms with Crippen LogP contribution in [0.15, 0.2) is 84.9 Å². The minimum absolute atomic E-state index is 0.543. The van der Waals surface area contributed by atoms with E-state index in [1.807, 2.05) is 12.1 Å². The number of hydrogen-bond acceptors (Lipinski definition) is 1. The molecule has 1 unspecified atom stereocenters. The molecule has 0 aliphatic rings. The molecule has 148 valence electrons. The van der Waals surface area contributed by atoms with Crippen LogP contribution < -0.4 is 10.2 Å². The first-order chi connectivity index (χ1) is 13.3. The van der Waals surface area contributed by atoms with Gasteiger partial charge in [-0.25, -0.2) is 0 Å². The molecule has 3 aromatic carbocycles. The van der Waals surface area contributed by atoms with Crippen LogP contribution in [0.5, 0.6) is 0 Å². The van der Waals surface area contributed by atoms with Crippen molar-refractivity contribution in [2.24, 2.45) is 0 Å². The van der Waals surface area contributed by atoms with Gasteiger partial charge >= 0.3 is 69.2 Å². The van der Waals surface area contributed by atoms with Crippen molar-refractivity contribution in [2.45, 2.75) is 29.6 Å². The minimum atomic E-state index is -0.543. The third kappa shape index (κ3) is 10.3. The molecule has 0 saturated carbocycles. The molecule has 0 spiro atoms. The van der Waals surface area contributed by atoms with Crippen LogP contribution in [-0.2, 0) is 0 Å². The Labute approximate surface area is 189 Å². The average molecular weight is 605 g/mol. The summed E-state index contributed by atoms with van der Waals surface area (Å²) in [6.45, 7) is 0. The average Bonchev–Trinajstić information content (AvgIpc) is 2.64. The van der Waals surface area contributed by atoms with Gasteiger partial charge < -0.3 is 4.90 Å². The summed E-state index contributed by atoms with van der Waals surface area (Å²) in [4.78, 5) is 16.4. The number of hydrogen-bond donors (Lipinski definition) is 0. The zero-order chi connectivity index (χ0) is 20.9. The van der Waals surface area contributed by atoms with Crippen molar-refractivity contribution in [3.63, 3.8) is 0 Å². The van der Waals surface area contributed by atoms with Crippen LogP contribution in [0.1, 0.15) is 0 Å². The quantitative estimate of drug-likeness (QED) is 0.223. The van der Waals surface area contributed by atoms with Gasteiger partial charge in [0.05, 0.1) is 5.69 Å². The van der Waals surface area contributed by atoms with Crippen molar-refractivity contribution in [2.75, 3.05) is 4.90 Å². The van der Waals surface area contributed by atoms with Crippen LogP contribution in [0.25, 0.3) is 0 Å². The van der Waals surface area contributed by atoms with E-state index in [2.05, 4.69) is 117 Å². The predicted octanol–water partition coefficient (Wildman–Crippen LogP) is 7.40. The van der Waals surface area contributed by atoms with Crippen molar-refractivity contribution in [1.29, 1.82) is 0 Å². The van der Waals surface area contributed by atoms with Gasteiger partial charge in [0.15, 0.2) is 0 Å². The van der Waals surface area contributed by atoms with Gasteiger partial charge in [-0.15, -0.1) is 9.24 Å². The fraction of sp³-hybridized carbons (Fsp3) is 0.250. The summed E-state index contributed by atoms with van der Waals surface area (Å²) in [5.41, 5.74) is 3.50. The SMILES string of the molecule is Pc1ccccc1N(c1ccccc1)c1ccccc1.[CH3][Sn]([CH3])[CH3].[CH3][Sn]([CH3])[CH3]. The van der Waals surface area contributed by atoms with Gasteiger partial charge in [0.2, 0.25) is 0 Å². The third-order valence-corrected chi connectivity index (χ3v) is 3.69. The Hall–Kier alpha value is -0.513. The second-order valence-corrected chi connectivity index (χ2v) is 25.3. The van der Waals surface area contributed by atoms with E-state index in [0.29, 0.717) is 0 Å². The van der Waals surface area contributed by atoms with Gasteiger partial charge in [-0.3, -0.25) is 0 Å². The van der Waals surface area contributed by atoms with Crippen molar-refractivity contribution >= 4 is 71.1 Å². The summed E-state index contributed by atoms with van der Waals surface area (Å²) < 4.78 is 0. The van der Waals surface area contributed by atoms with Crippen molar-refractivity contribution < 1.29 is 0 Å². The topological polar surface area (TPSA) is 3.24 Å². The molecular formula is C24H34NPSn2. The van der Waals surface area contributed by atoms with E-state index < -0.39 is 39.5 Å². The Morgan fingerprint density at radius 2 is 0.857 bits per heavy atom. The first-order valence-corrected chi connectivity index (χ1v) is 27.3. The molecule has 1 atom stereocenters. The fourth-order valence-electron chi connectivity index (χ4n) is 2.27. The van der Waals surface area contributed by atoms with E-state index in [1.54, 1.807) is 0 Å². The fourth-order valence-corrected chi connectivity index (χ4v) is 2.61. The maximum absolute atomic E-state index is 2.81. The molecule has 0 aliphatic heterocycles. The van der Waals surface area contributed by atoms with Crippen molar-refractivity contribution in [3.05, 3.63) is 84.9 Å². The number of para-hydroxylation sites is 3. The Morgan fingerprint density at radius 1 is 0.536 bits per heavy atom. The summed E-state index contributed by atoms with van der Waals surface area (Å²) in [5, 5.41) is 1.18. The summed E-state index contributed by atoms with van der Waals surface area (Å²) in [6.07, 6.45) is 0. The van der Waals surface area contributed by atoms with Crippen LogP contribution >= 0.6 is 9.24 Å². The Morgan fingerprint density at radius 3 is 1.21 bits per heavy atom.